The van der Waals surface area contributed by atoms with E-state index in [0.717, 1.165) is 10.5 Å². The van der Waals surface area contributed by atoms with E-state index < -0.39 is 23.6 Å². The summed E-state index contributed by atoms with van der Waals surface area (Å²) < 4.78 is 5.54. The number of β-amino-alcohol motifs (C(OH)–C–C–N with tert-alkyl or cyclic N) is 1. The second kappa shape index (κ2) is 8.89. The van der Waals surface area contributed by atoms with Gasteiger partial charge in [0.15, 0.2) is 5.78 Å². The van der Waals surface area contributed by atoms with Crippen molar-refractivity contribution in [3.05, 3.63) is 65.2 Å². The van der Waals surface area contributed by atoms with Gasteiger partial charge in [0.1, 0.15) is 24.0 Å². The molecule has 3 rings (SSSR count). The minimum Gasteiger partial charge on any atom is -0.491 e. The number of nitrogens with zero attached hydrogens (tertiary/aromatic N) is 1. The maximum absolute atomic E-state index is 13.0. The lowest BCUT2D eigenvalue weighted by molar-refractivity contribution is -0.132. The molecule has 2 aromatic carbocycles. The Morgan fingerprint density at radius 3 is 2.45 bits per heavy atom. The molecule has 0 unspecified atom stereocenters. The van der Waals surface area contributed by atoms with Crippen molar-refractivity contribution in [2.45, 2.75) is 45.3 Å². The van der Waals surface area contributed by atoms with E-state index in [1.54, 1.807) is 31.2 Å². The lowest BCUT2D eigenvalue weighted by atomic mass is 9.90. The molecule has 1 heterocycles. The molecule has 0 bridgehead atoms. The molecule has 7 heteroatoms. The van der Waals surface area contributed by atoms with Crippen LogP contribution in [-0.4, -0.2) is 47.0 Å². The minimum atomic E-state index is -1.19. The zero-order valence-corrected chi connectivity index (χ0v) is 18.2. The summed E-state index contributed by atoms with van der Waals surface area (Å²) in [6.07, 6.45) is -1.08. The number of rotatable bonds is 8. The molecule has 0 saturated carbocycles. The molecule has 1 saturated heterocycles. The number of ketones is 1. The highest BCUT2D eigenvalue weighted by Crippen LogP contribution is 2.30. The summed E-state index contributed by atoms with van der Waals surface area (Å²) in [6.45, 7) is 6.96. The third-order valence-corrected chi connectivity index (χ3v) is 5.51. The Labute approximate surface area is 182 Å². The van der Waals surface area contributed by atoms with Gasteiger partial charge < -0.3 is 15.2 Å². The lowest BCUT2D eigenvalue weighted by Gasteiger charge is -2.23. The Morgan fingerprint density at radius 2 is 1.84 bits per heavy atom. The number of urea groups is 1. The molecule has 1 aliphatic rings. The second-order valence-electron chi connectivity index (χ2n) is 8.30. The number of nitrogens with one attached hydrogen (secondary N) is 1. The fourth-order valence-electron chi connectivity index (χ4n) is 3.52. The van der Waals surface area contributed by atoms with Crippen LogP contribution >= 0.6 is 0 Å². The van der Waals surface area contributed by atoms with Crippen LogP contribution in [0, 0.1) is 0 Å². The van der Waals surface area contributed by atoms with Crippen LogP contribution in [0.25, 0.3) is 0 Å². The fraction of sp³-hybridized carbons (Fsp3) is 0.375. The minimum absolute atomic E-state index is 0.0916. The van der Waals surface area contributed by atoms with Gasteiger partial charge in [0.2, 0.25) is 0 Å². The fourth-order valence-corrected chi connectivity index (χ4v) is 3.52. The van der Waals surface area contributed by atoms with Gasteiger partial charge in [-0.05, 0) is 43.0 Å². The van der Waals surface area contributed by atoms with Gasteiger partial charge >= 0.3 is 6.03 Å². The third kappa shape index (κ3) is 4.77. The maximum Gasteiger partial charge on any atom is 0.325 e. The predicted octanol–water partition coefficient (Wildman–Crippen LogP) is 3.22. The monoisotopic (exact) mass is 424 g/mol. The van der Waals surface area contributed by atoms with Gasteiger partial charge in [-0.3, -0.25) is 14.5 Å². The molecule has 2 aromatic rings. The number of hydrogen-bond acceptors (Lipinski definition) is 5. The average Bonchev–Trinajstić information content (AvgIpc) is 2.96. The molecule has 3 amide bonds. The number of carbonyl (C=O) groups excluding carboxylic acids is 3. The van der Waals surface area contributed by atoms with E-state index in [4.69, 9.17) is 4.74 Å². The van der Waals surface area contributed by atoms with Crippen molar-refractivity contribution < 1.29 is 24.2 Å². The van der Waals surface area contributed by atoms with Gasteiger partial charge in [0.25, 0.3) is 5.91 Å². The first-order valence-electron chi connectivity index (χ1n) is 10.3. The molecular formula is C24H28N2O5. The van der Waals surface area contributed by atoms with Crippen LogP contribution < -0.4 is 10.1 Å². The third-order valence-electron chi connectivity index (χ3n) is 5.51. The van der Waals surface area contributed by atoms with Crippen molar-refractivity contribution >= 4 is 17.7 Å². The van der Waals surface area contributed by atoms with Crippen LogP contribution in [-0.2, 0) is 10.3 Å². The molecule has 2 atom stereocenters. The first-order valence-corrected chi connectivity index (χ1v) is 10.3. The molecule has 1 fully saturated rings. The number of aliphatic hydroxyl groups excluding tert-OH is 1. The number of carbonyl (C=O) groups is 3. The van der Waals surface area contributed by atoms with Gasteiger partial charge in [-0.2, -0.15) is 0 Å². The number of imide groups is 1. The molecule has 31 heavy (non-hydrogen) atoms. The van der Waals surface area contributed by atoms with E-state index in [2.05, 4.69) is 19.2 Å². The van der Waals surface area contributed by atoms with Crippen molar-refractivity contribution in [1.82, 2.24) is 10.2 Å². The number of aliphatic hydroxyl groups is 1. The summed E-state index contributed by atoms with van der Waals surface area (Å²) in [5, 5.41) is 13.1. The van der Waals surface area contributed by atoms with Crippen molar-refractivity contribution in [3.63, 3.8) is 0 Å². The van der Waals surface area contributed by atoms with Crippen molar-refractivity contribution in [2.75, 3.05) is 13.2 Å². The summed E-state index contributed by atoms with van der Waals surface area (Å²) in [6, 6.07) is 13.6. The Bertz CT molecular complexity index is 986. The molecular weight excluding hydrogens is 396 g/mol. The number of benzene rings is 2. The predicted molar refractivity (Wildman–Crippen MR) is 116 cm³/mol. The molecule has 0 aromatic heterocycles. The van der Waals surface area contributed by atoms with Crippen molar-refractivity contribution in [2.24, 2.45) is 0 Å². The van der Waals surface area contributed by atoms with E-state index >= 15 is 0 Å². The molecule has 0 spiro atoms. The summed E-state index contributed by atoms with van der Waals surface area (Å²) >= 11 is 0. The zero-order valence-electron chi connectivity index (χ0n) is 18.2. The Kier molecular flexibility index (Phi) is 6.45. The van der Waals surface area contributed by atoms with Gasteiger partial charge in [-0.1, -0.05) is 50.2 Å². The van der Waals surface area contributed by atoms with Gasteiger partial charge in [0, 0.05) is 5.56 Å². The summed E-state index contributed by atoms with van der Waals surface area (Å²) in [4.78, 5) is 38.0. The van der Waals surface area contributed by atoms with Crippen LogP contribution in [0.3, 0.4) is 0 Å². The van der Waals surface area contributed by atoms with E-state index in [1.807, 2.05) is 24.3 Å². The molecule has 0 aliphatic carbocycles. The van der Waals surface area contributed by atoms with E-state index in [9.17, 15) is 19.5 Å². The molecule has 164 valence electrons. The summed E-state index contributed by atoms with van der Waals surface area (Å²) in [5.74, 6) is 0.274. The second-order valence-corrected chi connectivity index (χ2v) is 8.30. The SMILES string of the molecule is CC(=O)c1cccc(OC[C@H](O)CN2C(=O)N[C@@](C)(c3ccc(C(C)C)cc3)C2=O)c1. The molecule has 2 N–H and O–H groups in total. The summed E-state index contributed by atoms with van der Waals surface area (Å²) in [5.41, 5.74) is 1.13. The standard InChI is InChI=1S/C24H28N2O5/c1-15(2)17-8-10-19(11-9-17)24(4)22(29)26(23(30)25-24)13-20(28)14-31-21-7-5-6-18(12-21)16(3)27/h5-12,15,20,28H,13-14H2,1-4H3,(H,25,30)/t20-,24+/m1/s1. The van der Waals surface area contributed by atoms with E-state index in [0.29, 0.717) is 22.8 Å². The van der Waals surface area contributed by atoms with Crippen LogP contribution in [0.1, 0.15) is 55.1 Å². The normalized spacial score (nSPS) is 19.5. The Hall–Kier alpha value is -3.19. The van der Waals surface area contributed by atoms with Crippen LogP contribution in [0.15, 0.2) is 48.5 Å². The highest BCUT2D eigenvalue weighted by molar-refractivity contribution is 6.07. The number of Topliss-reactive ketones (excluding diaryl/α,β-unsaturated/α-hetero) is 1. The van der Waals surface area contributed by atoms with Crippen LogP contribution in [0.4, 0.5) is 4.79 Å². The van der Waals surface area contributed by atoms with Gasteiger partial charge in [0.05, 0.1) is 6.54 Å². The average molecular weight is 424 g/mol. The Balaban J connectivity index is 1.65. The zero-order chi connectivity index (χ0) is 22.8. The lowest BCUT2D eigenvalue weighted by Crippen LogP contribution is -2.42. The maximum atomic E-state index is 13.0. The first kappa shape index (κ1) is 22.5. The number of amides is 3. The molecule has 7 nitrogen and oxygen atoms in total. The van der Waals surface area contributed by atoms with Gasteiger partial charge in [-0.25, -0.2) is 4.79 Å². The quantitative estimate of drug-likeness (QED) is 0.501. The van der Waals surface area contributed by atoms with Crippen molar-refractivity contribution in [1.29, 1.82) is 0 Å². The summed E-state index contributed by atoms with van der Waals surface area (Å²) in [7, 11) is 0. The Morgan fingerprint density at radius 1 is 1.16 bits per heavy atom. The number of ether oxygens (including phenoxy) is 1. The molecule has 1 aliphatic heterocycles. The van der Waals surface area contributed by atoms with E-state index in [1.165, 1.54) is 6.92 Å². The van der Waals surface area contributed by atoms with Gasteiger partial charge in [-0.15, -0.1) is 0 Å². The highest BCUT2D eigenvalue weighted by Gasteiger charge is 2.49. The first-order chi connectivity index (χ1) is 14.6. The van der Waals surface area contributed by atoms with Crippen LogP contribution in [0.5, 0.6) is 5.75 Å². The number of hydrogen-bond donors (Lipinski definition) is 2. The van der Waals surface area contributed by atoms with Crippen LogP contribution in [0.2, 0.25) is 0 Å². The largest absolute Gasteiger partial charge is 0.491 e. The van der Waals surface area contributed by atoms with E-state index in [-0.39, 0.29) is 18.9 Å². The molecule has 0 radical (unpaired) electrons. The smallest absolute Gasteiger partial charge is 0.325 e. The highest BCUT2D eigenvalue weighted by atomic mass is 16.5. The topological polar surface area (TPSA) is 95.9 Å². The van der Waals surface area contributed by atoms with Crippen molar-refractivity contribution in [3.8, 4) is 5.75 Å².